The molecule has 0 bridgehead atoms. The van der Waals surface area contributed by atoms with Crippen molar-refractivity contribution in [1.29, 1.82) is 0 Å². The zero-order chi connectivity index (χ0) is 16.2. The van der Waals surface area contributed by atoms with E-state index < -0.39 is 0 Å². The van der Waals surface area contributed by atoms with Gasteiger partial charge in [-0.2, -0.15) is 0 Å². The van der Waals surface area contributed by atoms with Crippen LogP contribution >= 0.6 is 0 Å². The number of ether oxygens (including phenoxy) is 2. The van der Waals surface area contributed by atoms with E-state index in [1.807, 2.05) is 37.3 Å². The van der Waals surface area contributed by atoms with Crippen LogP contribution in [-0.2, 0) is 14.3 Å². The van der Waals surface area contributed by atoms with Gasteiger partial charge in [0, 0.05) is 6.54 Å². The summed E-state index contributed by atoms with van der Waals surface area (Å²) in [6.45, 7) is 10.7. The molecule has 0 aliphatic rings. The summed E-state index contributed by atoms with van der Waals surface area (Å²) in [5, 5.41) is 0. The fraction of sp³-hybridized carbons (Fsp3) is 0.611. The lowest BCUT2D eigenvalue weighted by atomic mass is 9.97. The highest BCUT2D eigenvalue weighted by Gasteiger charge is 2.19. The van der Waals surface area contributed by atoms with Crippen LogP contribution in [0.15, 0.2) is 30.3 Å². The predicted molar refractivity (Wildman–Crippen MR) is 89.0 cm³/mol. The van der Waals surface area contributed by atoms with Gasteiger partial charge >= 0.3 is 5.97 Å². The molecular weight excluding hydrogens is 278 g/mol. The lowest BCUT2D eigenvalue weighted by molar-refractivity contribution is -0.147. The Kier molecular flexibility index (Phi) is 9.51. The topological polar surface area (TPSA) is 38.8 Å². The number of benzene rings is 1. The first kappa shape index (κ1) is 18.7. The Morgan fingerprint density at radius 3 is 2.32 bits per heavy atom. The summed E-state index contributed by atoms with van der Waals surface area (Å²) in [7, 11) is 0. The summed E-state index contributed by atoms with van der Waals surface area (Å²) in [5.41, 5.74) is 1.01. The Balaban J connectivity index is 2.22. The SMILES string of the molecule is CC[C@@H](C(=O)OCCOCCN(CC)CC)c1ccccc1. The van der Waals surface area contributed by atoms with E-state index in [4.69, 9.17) is 9.47 Å². The van der Waals surface area contributed by atoms with Crippen molar-refractivity contribution in [2.75, 3.05) is 39.5 Å². The van der Waals surface area contributed by atoms with E-state index in [0.29, 0.717) is 19.8 Å². The van der Waals surface area contributed by atoms with Gasteiger partial charge in [0.15, 0.2) is 0 Å². The first-order valence-corrected chi connectivity index (χ1v) is 8.24. The number of likely N-dealkylation sites (N-methyl/N-ethyl adjacent to an activating group) is 1. The van der Waals surface area contributed by atoms with Gasteiger partial charge in [-0.1, -0.05) is 51.1 Å². The molecular formula is C18H29NO3. The van der Waals surface area contributed by atoms with E-state index in [1.165, 1.54) is 0 Å². The number of carbonyl (C=O) groups is 1. The van der Waals surface area contributed by atoms with Crippen molar-refractivity contribution in [2.24, 2.45) is 0 Å². The van der Waals surface area contributed by atoms with Crippen LogP contribution in [0.25, 0.3) is 0 Å². The average Bonchev–Trinajstić information content (AvgIpc) is 2.56. The standard InChI is InChI=1S/C18H29NO3/c1-4-17(16-10-8-7-9-11-16)18(20)22-15-14-21-13-12-19(5-2)6-3/h7-11,17H,4-6,12-15H2,1-3H3/t17-/m1/s1. The molecule has 0 saturated carbocycles. The predicted octanol–water partition coefficient (Wildman–Crippen LogP) is 3.08. The quantitative estimate of drug-likeness (QED) is 0.465. The summed E-state index contributed by atoms with van der Waals surface area (Å²) < 4.78 is 10.9. The van der Waals surface area contributed by atoms with Crippen molar-refractivity contribution in [3.63, 3.8) is 0 Å². The molecule has 0 aliphatic heterocycles. The van der Waals surface area contributed by atoms with Crippen LogP contribution in [0, 0.1) is 0 Å². The maximum absolute atomic E-state index is 12.1. The fourth-order valence-corrected chi connectivity index (χ4v) is 2.36. The summed E-state index contributed by atoms with van der Waals surface area (Å²) in [5.74, 6) is -0.349. The van der Waals surface area contributed by atoms with Crippen molar-refractivity contribution < 1.29 is 14.3 Å². The molecule has 0 heterocycles. The van der Waals surface area contributed by atoms with Gasteiger partial charge in [0.1, 0.15) is 6.61 Å². The number of nitrogens with zero attached hydrogens (tertiary/aromatic N) is 1. The van der Waals surface area contributed by atoms with Gasteiger partial charge in [0.2, 0.25) is 0 Å². The minimum absolute atomic E-state index is 0.166. The molecule has 0 spiro atoms. The zero-order valence-electron chi connectivity index (χ0n) is 14.1. The summed E-state index contributed by atoms with van der Waals surface area (Å²) in [6, 6.07) is 9.78. The maximum Gasteiger partial charge on any atom is 0.313 e. The van der Waals surface area contributed by atoms with Gasteiger partial charge in [-0.15, -0.1) is 0 Å². The summed E-state index contributed by atoms with van der Waals surface area (Å²) in [4.78, 5) is 14.4. The Hall–Kier alpha value is -1.39. The maximum atomic E-state index is 12.1. The van der Waals surface area contributed by atoms with E-state index >= 15 is 0 Å². The van der Waals surface area contributed by atoms with Crippen molar-refractivity contribution >= 4 is 5.97 Å². The molecule has 4 heteroatoms. The molecule has 0 aliphatic carbocycles. The third-order valence-corrected chi connectivity index (χ3v) is 3.81. The van der Waals surface area contributed by atoms with E-state index in [0.717, 1.165) is 31.6 Å². The van der Waals surface area contributed by atoms with E-state index in [2.05, 4.69) is 18.7 Å². The van der Waals surface area contributed by atoms with Gasteiger partial charge in [0.05, 0.1) is 19.1 Å². The van der Waals surface area contributed by atoms with Crippen LogP contribution < -0.4 is 0 Å². The van der Waals surface area contributed by atoms with E-state index in [9.17, 15) is 4.79 Å². The highest BCUT2D eigenvalue weighted by atomic mass is 16.6. The lowest BCUT2D eigenvalue weighted by Crippen LogP contribution is -2.27. The summed E-state index contributed by atoms with van der Waals surface area (Å²) >= 11 is 0. The second kappa shape index (κ2) is 11.2. The molecule has 1 aromatic rings. The second-order valence-corrected chi connectivity index (χ2v) is 5.18. The van der Waals surface area contributed by atoms with Crippen LogP contribution in [0.5, 0.6) is 0 Å². The molecule has 0 radical (unpaired) electrons. The third-order valence-electron chi connectivity index (χ3n) is 3.81. The van der Waals surface area contributed by atoms with Gasteiger partial charge in [-0.05, 0) is 25.1 Å². The Morgan fingerprint density at radius 1 is 1.05 bits per heavy atom. The zero-order valence-corrected chi connectivity index (χ0v) is 14.1. The molecule has 0 aromatic heterocycles. The number of hydrogen-bond donors (Lipinski definition) is 0. The molecule has 4 nitrogen and oxygen atoms in total. The number of rotatable bonds is 11. The van der Waals surface area contributed by atoms with Crippen molar-refractivity contribution in [1.82, 2.24) is 4.90 Å². The van der Waals surface area contributed by atoms with E-state index in [1.54, 1.807) is 0 Å². The van der Waals surface area contributed by atoms with Gasteiger partial charge in [0.25, 0.3) is 0 Å². The highest BCUT2D eigenvalue weighted by molar-refractivity contribution is 5.78. The first-order chi connectivity index (χ1) is 10.7. The molecule has 1 aromatic carbocycles. The molecule has 0 amide bonds. The van der Waals surface area contributed by atoms with E-state index in [-0.39, 0.29) is 11.9 Å². The van der Waals surface area contributed by atoms with Crippen molar-refractivity contribution in [3.8, 4) is 0 Å². The molecule has 1 atom stereocenters. The smallest absolute Gasteiger partial charge is 0.313 e. The largest absolute Gasteiger partial charge is 0.463 e. The van der Waals surface area contributed by atoms with Crippen molar-refractivity contribution in [2.45, 2.75) is 33.1 Å². The van der Waals surface area contributed by atoms with Gasteiger partial charge in [-0.25, -0.2) is 0 Å². The third kappa shape index (κ3) is 6.58. The molecule has 1 rings (SSSR count). The molecule has 22 heavy (non-hydrogen) atoms. The van der Waals surface area contributed by atoms with Gasteiger partial charge < -0.3 is 14.4 Å². The van der Waals surface area contributed by atoms with Crippen molar-refractivity contribution in [3.05, 3.63) is 35.9 Å². The van der Waals surface area contributed by atoms with Crippen LogP contribution in [-0.4, -0.2) is 50.3 Å². The average molecular weight is 307 g/mol. The van der Waals surface area contributed by atoms with Crippen LogP contribution in [0.1, 0.15) is 38.7 Å². The normalized spacial score (nSPS) is 12.4. The Bertz CT molecular complexity index is 404. The molecule has 0 unspecified atom stereocenters. The molecule has 0 N–H and O–H groups in total. The molecule has 0 fully saturated rings. The highest BCUT2D eigenvalue weighted by Crippen LogP contribution is 2.20. The Labute approximate surface area is 134 Å². The van der Waals surface area contributed by atoms with Gasteiger partial charge in [-0.3, -0.25) is 4.79 Å². The molecule has 124 valence electrons. The number of esters is 1. The lowest BCUT2D eigenvalue weighted by Gasteiger charge is -2.18. The first-order valence-electron chi connectivity index (χ1n) is 8.24. The minimum atomic E-state index is -0.183. The number of hydrogen-bond acceptors (Lipinski definition) is 4. The fourth-order valence-electron chi connectivity index (χ4n) is 2.36. The van der Waals surface area contributed by atoms with Crippen LogP contribution in [0.2, 0.25) is 0 Å². The number of carbonyl (C=O) groups excluding carboxylic acids is 1. The summed E-state index contributed by atoms with van der Waals surface area (Å²) in [6.07, 6.45) is 0.742. The second-order valence-electron chi connectivity index (χ2n) is 5.18. The minimum Gasteiger partial charge on any atom is -0.463 e. The van der Waals surface area contributed by atoms with Crippen LogP contribution in [0.4, 0.5) is 0 Å². The monoisotopic (exact) mass is 307 g/mol. The Morgan fingerprint density at radius 2 is 1.73 bits per heavy atom. The van der Waals surface area contributed by atoms with Crippen LogP contribution in [0.3, 0.4) is 0 Å². The molecule has 0 saturated heterocycles.